The van der Waals surface area contributed by atoms with Crippen LogP contribution in [0, 0.1) is 17.8 Å². The molecule has 0 saturated heterocycles. The highest BCUT2D eigenvalue weighted by Gasteiger charge is 2.40. The maximum atomic E-state index is 12.6. The number of anilines is 2. The molecule has 2 saturated carbocycles. The van der Waals surface area contributed by atoms with Gasteiger partial charge in [-0.1, -0.05) is 6.42 Å². The van der Waals surface area contributed by atoms with Gasteiger partial charge >= 0.3 is 0 Å². The van der Waals surface area contributed by atoms with Crippen LogP contribution in [0.2, 0.25) is 0 Å². The van der Waals surface area contributed by atoms with Crippen molar-refractivity contribution in [3.63, 3.8) is 0 Å². The minimum Gasteiger partial charge on any atom is -0.327 e. The normalized spacial score (nSPS) is 29.8. The van der Waals surface area contributed by atoms with Crippen molar-refractivity contribution in [3.8, 4) is 0 Å². The highest BCUT2D eigenvalue weighted by atomic mass is 32.2. The van der Waals surface area contributed by atoms with E-state index in [2.05, 4.69) is 10.0 Å². The van der Waals surface area contributed by atoms with Crippen LogP contribution in [-0.4, -0.2) is 26.6 Å². The molecule has 6 nitrogen and oxygen atoms in total. The average Bonchev–Trinajstić information content (AvgIpc) is 2.47. The van der Waals surface area contributed by atoms with Gasteiger partial charge in [0.1, 0.15) is 0 Å². The van der Waals surface area contributed by atoms with Crippen LogP contribution in [0.3, 0.4) is 0 Å². The molecule has 132 valence electrons. The van der Waals surface area contributed by atoms with Gasteiger partial charge in [0.15, 0.2) is 0 Å². The second-order valence-corrected chi connectivity index (χ2v) is 8.89. The Morgan fingerprint density at radius 1 is 1.08 bits per heavy atom. The molecule has 7 heteroatoms. The third-order valence-corrected chi connectivity index (χ3v) is 5.85. The van der Waals surface area contributed by atoms with Gasteiger partial charge in [0.25, 0.3) is 0 Å². The van der Waals surface area contributed by atoms with Crippen molar-refractivity contribution in [3.05, 3.63) is 24.3 Å². The predicted octanol–water partition coefficient (Wildman–Crippen LogP) is 2.15. The summed E-state index contributed by atoms with van der Waals surface area (Å²) in [5.41, 5.74) is 7.44. The number of carbonyl (C=O) groups excluding carboxylic acids is 1. The zero-order valence-corrected chi connectivity index (χ0v) is 14.7. The summed E-state index contributed by atoms with van der Waals surface area (Å²) < 4.78 is 24.8. The van der Waals surface area contributed by atoms with Crippen molar-refractivity contribution in [2.45, 2.75) is 38.1 Å². The fourth-order valence-corrected chi connectivity index (χ4v) is 4.65. The summed E-state index contributed by atoms with van der Waals surface area (Å²) >= 11 is 0. The monoisotopic (exact) mass is 351 g/mol. The molecule has 4 N–H and O–H groups in total. The maximum Gasteiger partial charge on any atom is 0.229 e. The molecule has 2 unspecified atom stereocenters. The summed E-state index contributed by atoms with van der Waals surface area (Å²) in [6.45, 7) is 0. The number of hydrogen-bond acceptors (Lipinski definition) is 4. The van der Waals surface area contributed by atoms with Crippen LogP contribution in [0.25, 0.3) is 0 Å². The van der Waals surface area contributed by atoms with Gasteiger partial charge in [-0.15, -0.1) is 0 Å². The number of nitrogens with one attached hydrogen (secondary N) is 2. The Labute approximate surface area is 143 Å². The summed E-state index contributed by atoms with van der Waals surface area (Å²) in [4.78, 5) is 12.6. The van der Waals surface area contributed by atoms with Crippen LogP contribution < -0.4 is 15.8 Å². The van der Waals surface area contributed by atoms with E-state index < -0.39 is 10.0 Å². The van der Waals surface area contributed by atoms with E-state index in [0.29, 0.717) is 23.2 Å². The van der Waals surface area contributed by atoms with Gasteiger partial charge in [-0.05, 0) is 61.8 Å². The molecule has 2 atom stereocenters. The molecule has 0 aliphatic heterocycles. The zero-order chi connectivity index (χ0) is 17.3. The van der Waals surface area contributed by atoms with Gasteiger partial charge in [0, 0.05) is 23.3 Å². The molecule has 2 fully saturated rings. The minimum absolute atomic E-state index is 0.0221. The molecule has 2 aliphatic rings. The Bertz CT molecular complexity index is 688. The SMILES string of the molecule is CS(=O)(=O)Nc1ccc(NC(=O)C2CC3CCCC(C2)C3N)cc1. The first-order valence-corrected chi connectivity index (χ1v) is 10.4. The number of rotatable bonds is 4. The highest BCUT2D eigenvalue weighted by molar-refractivity contribution is 7.92. The summed E-state index contributed by atoms with van der Waals surface area (Å²) in [5.74, 6) is 1.00. The molecule has 0 radical (unpaired) electrons. The van der Waals surface area contributed by atoms with E-state index in [0.717, 1.165) is 31.9 Å². The number of benzene rings is 1. The summed E-state index contributed by atoms with van der Waals surface area (Å²) in [7, 11) is -3.29. The van der Waals surface area contributed by atoms with Crippen molar-refractivity contribution in [2.24, 2.45) is 23.5 Å². The lowest BCUT2D eigenvalue weighted by molar-refractivity contribution is -0.122. The van der Waals surface area contributed by atoms with Crippen molar-refractivity contribution >= 4 is 27.3 Å². The van der Waals surface area contributed by atoms with Crippen LogP contribution >= 0.6 is 0 Å². The topological polar surface area (TPSA) is 101 Å². The smallest absolute Gasteiger partial charge is 0.229 e. The molecule has 24 heavy (non-hydrogen) atoms. The molecule has 0 aromatic heterocycles. The van der Waals surface area contributed by atoms with Crippen LogP contribution in [-0.2, 0) is 14.8 Å². The Hall–Kier alpha value is -1.60. The number of sulfonamides is 1. The second kappa shape index (κ2) is 6.72. The Morgan fingerprint density at radius 3 is 2.17 bits per heavy atom. The summed E-state index contributed by atoms with van der Waals surface area (Å²) in [6, 6.07) is 6.95. The first-order chi connectivity index (χ1) is 11.3. The maximum absolute atomic E-state index is 12.6. The van der Waals surface area contributed by atoms with Crippen LogP contribution in [0.4, 0.5) is 11.4 Å². The Kier molecular flexibility index (Phi) is 4.83. The Morgan fingerprint density at radius 2 is 1.62 bits per heavy atom. The van der Waals surface area contributed by atoms with E-state index in [1.807, 2.05) is 0 Å². The zero-order valence-electron chi connectivity index (χ0n) is 13.9. The molecule has 1 aromatic rings. The van der Waals surface area contributed by atoms with E-state index in [1.54, 1.807) is 24.3 Å². The van der Waals surface area contributed by atoms with Gasteiger partial charge in [-0.2, -0.15) is 0 Å². The largest absolute Gasteiger partial charge is 0.327 e. The summed E-state index contributed by atoms with van der Waals surface area (Å²) in [5, 5.41) is 2.95. The molecule has 1 aromatic carbocycles. The van der Waals surface area contributed by atoms with Crippen LogP contribution in [0.15, 0.2) is 24.3 Å². The van der Waals surface area contributed by atoms with E-state index in [-0.39, 0.29) is 17.9 Å². The summed E-state index contributed by atoms with van der Waals surface area (Å²) in [6.07, 6.45) is 6.34. The second-order valence-electron chi connectivity index (χ2n) is 7.14. The number of fused-ring (bicyclic) bond motifs is 2. The standard InChI is InChI=1S/C17H25N3O3S/c1-24(22,23)20-15-7-5-14(6-8-15)19-17(21)13-9-11-3-2-4-12(10-13)16(11)18/h5-8,11-13,16,20H,2-4,9-10,18H2,1H3,(H,19,21). The number of carbonyl (C=O) groups is 1. The molecule has 2 bridgehead atoms. The van der Waals surface area contributed by atoms with E-state index in [9.17, 15) is 13.2 Å². The first-order valence-electron chi connectivity index (χ1n) is 8.46. The van der Waals surface area contributed by atoms with Gasteiger partial charge in [0.05, 0.1) is 6.26 Å². The Balaban J connectivity index is 1.61. The van der Waals surface area contributed by atoms with Gasteiger partial charge in [-0.3, -0.25) is 9.52 Å². The molecule has 1 amide bonds. The van der Waals surface area contributed by atoms with Gasteiger partial charge in [0.2, 0.25) is 15.9 Å². The molecule has 3 rings (SSSR count). The number of amides is 1. The van der Waals surface area contributed by atoms with Crippen molar-refractivity contribution in [1.29, 1.82) is 0 Å². The van der Waals surface area contributed by atoms with E-state index >= 15 is 0 Å². The van der Waals surface area contributed by atoms with Crippen molar-refractivity contribution in [2.75, 3.05) is 16.3 Å². The van der Waals surface area contributed by atoms with Crippen LogP contribution in [0.1, 0.15) is 32.1 Å². The minimum atomic E-state index is -3.29. The first kappa shape index (κ1) is 17.2. The van der Waals surface area contributed by atoms with Crippen molar-refractivity contribution in [1.82, 2.24) is 0 Å². The van der Waals surface area contributed by atoms with Crippen molar-refractivity contribution < 1.29 is 13.2 Å². The fourth-order valence-electron chi connectivity index (χ4n) is 4.08. The fraction of sp³-hybridized carbons (Fsp3) is 0.588. The third kappa shape index (κ3) is 4.08. The van der Waals surface area contributed by atoms with E-state index in [4.69, 9.17) is 5.73 Å². The van der Waals surface area contributed by atoms with E-state index in [1.165, 1.54) is 6.42 Å². The molecule has 0 heterocycles. The lowest BCUT2D eigenvalue weighted by atomic mass is 9.65. The quantitative estimate of drug-likeness (QED) is 0.773. The number of hydrogen-bond donors (Lipinski definition) is 3. The molecule has 0 spiro atoms. The average molecular weight is 351 g/mol. The lowest BCUT2D eigenvalue weighted by Crippen LogP contribution is -2.48. The third-order valence-electron chi connectivity index (χ3n) is 5.24. The number of nitrogens with two attached hydrogens (primary N) is 1. The predicted molar refractivity (Wildman–Crippen MR) is 95.1 cm³/mol. The molecular weight excluding hydrogens is 326 g/mol. The van der Waals surface area contributed by atoms with Gasteiger partial charge < -0.3 is 11.1 Å². The van der Waals surface area contributed by atoms with Crippen LogP contribution in [0.5, 0.6) is 0 Å². The highest BCUT2D eigenvalue weighted by Crippen LogP contribution is 2.42. The molecule has 2 aliphatic carbocycles. The van der Waals surface area contributed by atoms with Gasteiger partial charge in [-0.25, -0.2) is 8.42 Å². The molecular formula is C17H25N3O3S. The lowest BCUT2D eigenvalue weighted by Gasteiger charge is -2.43.